The van der Waals surface area contributed by atoms with Crippen molar-refractivity contribution in [3.63, 3.8) is 0 Å². The molecule has 0 aliphatic carbocycles. The van der Waals surface area contributed by atoms with Gasteiger partial charge in [0.15, 0.2) is 4.96 Å². The number of rotatable bonds is 4. The minimum Gasteiger partial charge on any atom is -0.344 e. The molecule has 0 spiro atoms. The Hall–Kier alpha value is -2.64. The molecule has 6 nitrogen and oxygen atoms in total. The third-order valence-corrected chi connectivity index (χ3v) is 5.33. The van der Waals surface area contributed by atoms with Crippen molar-refractivity contribution in [1.29, 1.82) is 0 Å². The van der Waals surface area contributed by atoms with Gasteiger partial charge in [-0.05, 0) is 13.0 Å². The number of halogens is 1. The molecule has 1 aromatic carbocycles. The van der Waals surface area contributed by atoms with E-state index in [1.165, 1.54) is 11.3 Å². The van der Waals surface area contributed by atoms with Crippen LogP contribution in [-0.4, -0.2) is 25.1 Å². The summed E-state index contributed by atoms with van der Waals surface area (Å²) in [5.41, 5.74) is 3.10. The Morgan fingerprint density at radius 1 is 1.31 bits per heavy atom. The molecule has 0 bridgehead atoms. The highest BCUT2D eigenvalue weighted by atomic mass is 35.5. The van der Waals surface area contributed by atoms with Crippen LogP contribution in [0.5, 0.6) is 0 Å². The zero-order chi connectivity index (χ0) is 18.3. The predicted molar refractivity (Wildman–Crippen MR) is 103 cm³/mol. The van der Waals surface area contributed by atoms with E-state index in [2.05, 4.69) is 15.4 Å². The average Bonchev–Trinajstić information content (AvgIpc) is 3.30. The molecule has 3 aromatic heterocycles. The van der Waals surface area contributed by atoms with E-state index in [0.717, 1.165) is 21.8 Å². The van der Waals surface area contributed by atoms with E-state index in [9.17, 15) is 4.79 Å². The normalized spacial score (nSPS) is 12.4. The Balaban J connectivity index is 1.62. The van der Waals surface area contributed by atoms with Gasteiger partial charge in [-0.2, -0.15) is 5.10 Å². The highest BCUT2D eigenvalue weighted by Gasteiger charge is 2.18. The minimum absolute atomic E-state index is 0.141. The summed E-state index contributed by atoms with van der Waals surface area (Å²) in [5.74, 6) is -0.157. The molecule has 0 radical (unpaired) electrons. The van der Waals surface area contributed by atoms with Crippen molar-refractivity contribution >= 4 is 33.8 Å². The number of amides is 1. The number of nitrogens with one attached hydrogen (secondary N) is 1. The molecule has 1 atom stereocenters. The van der Waals surface area contributed by atoms with Gasteiger partial charge in [0, 0.05) is 35.9 Å². The minimum atomic E-state index is -0.157. The molecule has 0 saturated heterocycles. The summed E-state index contributed by atoms with van der Waals surface area (Å²) in [6.45, 7) is 1.93. The number of aromatic nitrogens is 4. The standard InChI is InChI=1S/C18H16ClN5OS/c1-11(12-7-20-23(2)8-12)21-17(25)16-10-26-18-22-15(9-24(16)18)13-5-3-4-6-14(13)19/h3-11H,1-2H3,(H,21,25)/t11-/m1/s1. The number of hydrogen-bond donors (Lipinski definition) is 1. The molecular formula is C18H16ClN5OS. The Morgan fingerprint density at radius 2 is 2.12 bits per heavy atom. The van der Waals surface area contributed by atoms with Crippen molar-refractivity contribution in [3.8, 4) is 11.3 Å². The molecule has 4 aromatic rings. The van der Waals surface area contributed by atoms with Crippen molar-refractivity contribution in [3.05, 3.63) is 64.5 Å². The lowest BCUT2D eigenvalue weighted by atomic mass is 10.2. The Bertz CT molecular complexity index is 1100. The lowest BCUT2D eigenvalue weighted by Gasteiger charge is -2.11. The summed E-state index contributed by atoms with van der Waals surface area (Å²) in [5, 5.41) is 9.59. The van der Waals surface area contributed by atoms with Crippen LogP contribution in [-0.2, 0) is 7.05 Å². The highest BCUT2D eigenvalue weighted by Crippen LogP contribution is 2.29. The molecule has 8 heteroatoms. The van der Waals surface area contributed by atoms with Gasteiger partial charge >= 0.3 is 0 Å². The topological polar surface area (TPSA) is 64.2 Å². The van der Waals surface area contributed by atoms with Crippen LogP contribution in [0.3, 0.4) is 0 Å². The van der Waals surface area contributed by atoms with Gasteiger partial charge in [0.25, 0.3) is 5.91 Å². The second kappa shape index (κ2) is 6.59. The first-order chi connectivity index (χ1) is 12.5. The van der Waals surface area contributed by atoms with Crippen LogP contribution in [0.15, 0.2) is 48.2 Å². The number of carbonyl (C=O) groups excluding carboxylic acids is 1. The number of benzene rings is 1. The van der Waals surface area contributed by atoms with Gasteiger partial charge in [-0.1, -0.05) is 29.8 Å². The first kappa shape index (κ1) is 16.8. The summed E-state index contributed by atoms with van der Waals surface area (Å²) < 4.78 is 3.52. The van der Waals surface area contributed by atoms with Crippen molar-refractivity contribution in [2.45, 2.75) is 13.0 Å². The second-order valence-electron chi connectivity index (χ2n) is 6.02. The van der Waals surface area contributed by atoms with E-state index >= 15 is 0 Å². The maximum absolute atomic E-state index is 12.7. The number of hydrogen-bond acceptors (Lipinski definition) is 4. The number of nitrogens with zero attached hydrogens (tertiary/aromatic N) is 4. The van der Waals surface area contributed by atoms with Crippen molar-refractivity contribution < 1.29 is 4.79 Å². The van der Waals surface area contributed by atoms with E-state index in [1.54, 1.807) is 15.3 Å². The number of carbonyl (C=O) groups is 1. The highest BCUT2D eigenvalue weighted by molar-refractivity contribution is 7.15. The van der Waals surface area contributed by atoms with E-state index < -0.39 is 0 Å². The van der Waals surface area contributed by atoms with Crippen LogP contribution in [0, 0.1) is 0 Å². The molecule has 1 amide bonds. The molecular weight excluding hydrogens is 370 g/mol. The van der Waals surface area contributed by atoms with Gasteiger partial charge in [-0.3, -0.25) is 13.9 Å². The fourth-order valence-corrected chi connectivity index (χ4v) is 3.85. The summed E-state index contributed by atoms with van der Waals surface area (Å²) in [4.78, 5) is 18.1. The van der Waals surface area contributed by atoms with Gasteiger partial charge in [-0.15, -0.1) is 11.3 Å². The first-order valence-electron chi connectivity index (χ1n) is 8.04. The van der Waals surface area contributed by atoms with Gasteiger partial charge in [-0.25, -0.2) is 4.98 Å². The van der Waals surface area contributed by atoms with Gasteiger partial charge in [0.05, 0.1) is 23.0 Å². The Labute approximate surface area is 159 Å². The molecule has 0 aliphatic rings. The number of aryl methyl sites for hydroxylation is 1. The van der Waals surface area contributed by atoms with Crippen molar-refractivity contribution in [2.75, 3.05) is 0 Å². The van der Waals surface area contributed by atoms with E-state index in [-0.39, 0.29) is 11.9 Å². The molecule has 132 valence electrons. The molecule has 4 rings (SSSR count). The maximum Gasteiger partial charge on any atom is 0.269 e. The van der Waals surface area contributed by atoms with E-state index in [1.807, 2.05) is 56.0 Å². The Morgan fingerprint density at radius 3 is 2.85 bits per heavy atom. The van der Waals surface area contributed by atoms with Crippen LogP contribution in [0.25, 0.3) is 16.2 Å². The Kier molecular flexibility index (Phi) is 4.26. The smallest absolute Gasteiger partial charge is 0.269 e. The lowest BCUT2D eigenvalue weighted by molar-refractivity contribution is 0.0934. The zero-order valence-corrected chi connectivity index (χ0v) is 15.8. The fraction of sp³-hybridized carbons (Fsp3) is 0.167. The first-order valence-corrected chi connectivity index (χ1v) is 9.29. The predicted octanol–water partition coefficient (Wildman–Crippen LogP) is 3.94. The quantitative estimate of drug-likeness (QED) is 0.578. The zero-order valence-electron chi connectivity index (χ0n) is 14.2. The SMILES string of the molecule is C[C@@H](NC(=O)c1csc2nc(-c3ccccc3Cl)cn12)c1cnn(C)c1. The maximum atomic E-state index is 12.7. The number of fused-ring (bicyclic) bond motifs is 1. The summed E-state index contributed by atoms with van der Waals surface area (Å²) in [6, 6.07) is 7.39. The second-order valence-corrected chi connectivity index (χ2v) is 7.27. The van der Waals surface area contributed by atoms with Crippen molar-refractivity contribution in [2.24, 2.45) is 7.05 Å². The summed E-state index contributed by atoms with van der Waals surface area (Å²) >= 11 is 7.68. The van der Waals surface area contributed by atoms with Gasteiger partial charge in [0.1, 0.15) is 5.69 Å². The third kappa shape index (κ3) is 3.00. The van der Waals surface area contributed by atoms with Crippen LogP contribution in [0.1, 0.15) is 29.0 Å². The molecule has 0 unspecified atom stereocenters. The largest absolute Gasteiger partial charge is 0.344 e. The molecule has 0 aliphatic heterocycles. The van der Waals surface area contributed by atoms with Crippen molar-refractivity contribution in [1.82, 2.24) is 24.5 Å². The van der Waals surface area contributed by atoms with Gasteiger partial charge in [0.2, 0.25) is 0 Å². The monoisotopic (exact) mass is 385 g/mol. The molecule has 0 saturated carbocycles. The van der Waals surface area contributed by atoms with E-state index in [0.29, 0.717) is 10.7 Å². The summed E-state index contributed by atoms with van der Waals surface area (Å²) in [7, 11) is 1.85. The number of thiazole rings is 1. The van der Waals surface area contributed by atoms with E-state index in [4.69, 9.17) is 11.6 Å². The van der Waals surface area contributed by atoms with Crippen LogP contribution in [0.4, 0.5) is 0 Å². The third-order valence-electron chi connectivity index (χ3n) is 4.16. The number of imidazole rings is 1. The van der Waals surface area contributed by atoms with Crippen LogP contribution in [0.2, 0.25) is 5.02 Å². The average molecular weight is 386 g/mol. The van der Waals surface area contributed by atoms with Crippen LogP contribution >= 0.6 is 22.9 Å². The van der Waals surface area contributed by atoms with Gasteiger partial charge < -0.3 is 5.32 Å². The molecule has 1 N–H and O–H groups in total. The summed E-state index contributed by atoms with van der Waals surface area (Å²) in [6.07, 6.45) is 5.48. The molecule has 3 heterocycles. The fourth-order valence-electron chi connectivity index (χ4n) is 2.76. The molecule has 26 heavy (non-hydrogen) atoms. The van der Waals surface area contributed by atoms with Crippen LogP contribution < -0.4 is 5.32 Å². The molecule has 0 fully saturated rings. The lowest BCUT2D eigenvalue weighted by Crippen LogP contribution is -2.27.